The van der Waals surface area contributed by atoms with Crippen LogP contribution in [-0.2, 0) is 0 Å². The minimum atomic E-state index is 0.458. The summed E-state index contributed by atoms with van der Waals surface area (Å²) in [6.45, 7) is 0. The molecule has 0 unspecified atom stereocenters. The van der Waals surface area contributed by atoms with Crippen molar-refractivity contribution in [3.05, 3.63) is 200 Å². The summed E-state index contributed by atoms with van der Waals surface area (Å²) in [5.41, 5.74) is 13.8. The number of hydrogen-bond acceptors (Lipinski definition) is 6. The van der Waals surface area contributed by atoms with Crippen molar-refractivity contribution < 1.29 is 8.83 Å². The first-order valence-corrected chi connectivity index (χ1v) is 21.8. The summed E-state index contributed by atoms with van der Waals surface area (Å²) in [4.78, 5) is 14.2. The molecule has 8 nitrogen and oxygen atoms in total. The molecule has 0 atom stereocenters. The molecule has 0 N–H and O–H groups in total. The smallest absolute Gasteiger partial charge is 0.145 e. The molecule has 7 aromatic heterocycles. The van der Waals surface area contributed by atoms with E-state index in [1.165, 1.54) is 0 Å². The summed E-state index contributed by atoms with van der Waals surface area (Å²) in [5, 5.41) is 20.3. The van der Waals surface area contributed by atoms with E-state index in [0.717, 1.165) is 121 Å². The molecule has 7 heterocycles. The fourth-order valence-corrected chi connectivity index (χ4v) is 10.6. The van der Waals surface area contributed by atoms with E-state index in [1.807, 2.05) is 73.2 Å². The highest BCUT2D eigenvalue weighted by Gasteiger charge is 2.33. The minimum absolute atomic E-state index is 0.458. The SMILES string of the molecule is N#Cc1c(-n2c3ccccc3c3c4oc5ccccc5c4ccc32)c(-c2cccnc2)c(-c2cccnc2)c(-c2cccnc2)c1-n1c2ccccc2c2c3oc4ccccc4c3ccc21. The van der Waals surface area contributed by atoms with Gasteiger partial charge < -0.3 is 18.0 Å². The van der Waals surface area contributed by atoms with Crippen LogP contribution in [0.5, 0.6) is 0 Å². The van der Waals surface area contributed by atoms with Crippen molar-refractivity contribution in [1.82, 2.24) is 24.1 Å². The molecule has 0 aliphatic heterocycles. The first kappa shape index (κ1) is 36.2. The van der Waals surface area contributed by atoms with Crippen molar-refractivity contribution in [3.8, 4) is 50.8 Å². The third kappa shape index (κ3) is 4.94. The summed E-state index contributed by atoms with van der Waals surface area (Å²) in [5.74, 6) is 0. The molecule has 306 valence electrons. The predicted molar refractivity (Wildman–Crippen MR) is 264 cm³/mol. The highest BCUT2D eigenvalue weighted by molar-refractivity contribution is 6.26. The maximum absolute atomic E-state index is 12.3. The summed E-state index contributed by atoms with van der Waals surface area (Å²) in [6, 6.07) is 56.8. The van der Waals surface area contributed by atoms with Crippen LogP contribution in [0.15, 0.2) is 204 Å². The van der Waals surface area contributed by atoms with Crippen molar-refractivity contribution in [3.63, 3.8) is 0 Å². The van der Waals surface area contributed by atoms with Gasteiger partial charge in [0.2, 0.25) is 0 Å². The number of furan rings is 2. The standard InChI is InChI=1S/C58H32N6O2/c59-30-43-55(63-44-19-5-1-17-41(44)53-46(63)25-23-39-37-15-3-7-21-48(37)65-57(39)53)51(35-13-10-28-61-32-35)50(34-12-9-27-60-31-34)52(36-14-11-29-62-33-36)56(43)64-45-20-6-2-18-42(45)54-47(64)26-24-40-38-16-4-8-22-49(38)66-58(40)54/h1-29,31-33H. The van der Waals surface area contributed by atoms with Crippen molar-refractivity contribution in [1.29, 1.82) is 5.26 Å². The fourth-order valence-electron chi connectivity index (χ4n) is 10.6. The molecule has 14 rings (SSSR count). The first-order valence-electron chi connectivity index (χ1n) is 21.8. The van der Waals surface area contributed by atoms with Crippen LogP contribution in [0.2, 0.25) is 0 Å². The summed E-state index contributed by atoms with van der Waals surface area (Å²) >= 11 is 0. The van der Waals surface area contributed by atoms with E-state index in [2.05, 4.69) is 118 Å². The molecule has 8 heteroatoms. The molecule has 0 spiro atoms. The quantitative estimate of drug-likeness (QED) is 0.171. The Labute approximate surface area is 375 Å². The Morgan fingerprint density at radius 3 is 1.21 bits per heavy atom. The first-order chi connectivity index (χ1) is 32.8. The topological polar surface area (TPSA) is 98.6 Å². The molecule has 0 saturated heterocycles. The van der Waals surface area contributed by atoms with Crippen molar-refractivity contribution in [2.24, 2.45) is 0 Å². The Morgan fingerprint density at radius 1 is 0.379 bits per heavy atom. The van der Waals surface area contributed by atoms with Gasteiger partial charge in [-0.1, -0.05) is 91.0 Å². The van der Waals surface area contributed by atoms with Crippen LogP contribution in [0, 0.1) is 11.3 Å². The number of pyridine rings is 3. The second-order valence-corrected chi connectivity index (χ2v) is 16.6. The maximum Gasteiger partial charge on any atom is 0.145 e. The monoisotopic (exact) mass is 844 g/mol. The molecule has 0 aliphatic rings. The van der Waals surface area contributed by atoms with E-state index in [-0.39, 0.29) is 0 Å². The van der Waals surface area contributed by atoms with Gasteiger partial charge in [0.1, 0.15) is 34.0 Å². The Kier molecular flexibility index (Phi) is 7.59. The van der Waals surface area contributed by atoms with Gasteiger partial charge in [-0.25, -0.2) is 0 Å². The third-order valence-corrected chi connectivity index (χ3v) is 13.2. The van der Waals surface area contributed by atoms with Crippen LogP contribution < -0.4 is 0 Å². The van der Waals surface area contributed by atoms with Crippen LogP contribution in [0.1, 0.15) is 5.56 Å². The fraction of sp³-hybridized carbons (Fsp3) is 0. The normalized spacial score (nSPS) is 11.9. The van der Waals surface area contributed by atoms with Gasteiger partial charge in [0.05, 0.1) is 44.2 Å². The molecule has 7 aromatic carbocycles. The predicted octanol–water partition coefficient (Wildman–Crippen LogP) is 14.7. The molecular formula is C58H32N6O2. The number of nitrogens with zero attached hydrogens (tertiary/aromatic N) is 6. The molecule has 66 heavy (non-hydrogen) atoms. The molecule has 0 fully saturated rings. The second kappa shape index (κ2) is 13.8. The Balaban J connectivity index is 1.26. The number of nitriles is 1. The number of aromatic nitrogens is 5. The van der Waals surface area contributed by atoms with Gasteiger partial charge >= 0.3 is 0 Å². The van der Waals surface area contributed by atoms with Crippen molar-refractivity contribution in [2.75, 3.05) is 0 Å². The van der Waals surface area contributed by atoms with Crippen molar-refractivity contribution >= 4 is 87.5 Å². The minimum Gasteiger partial charge on any atom is -0.455 e. The molecule has 0 bridgehead atoms. The largest absolute Gasteiger partial charge is 0.455 e. The van der Waals surface area contributed by atoms with Crippen LogP contribution in [-0.4, -0.2) is 24.1 Å². The molecule has 0 saturated carbocycles. The molecule has 0 aliphatic carbocycles. The van der Waals surface area contributed by atoms with Gasteiger partial charge in [-0.15, -0.1) is 0 Å². The highest BCUT2D eigenvalue weighted by atomic mass is 16.3. The Morgan fingerprint density at radius 2 is 0.788 bits per heavy atom. The van der Waals surface area contributed by atoms with Gasteiger partial charge in [0, 0.05) is 103 Å². The van der Waals surface area contributed by atoms with Crippen LogP contribution in [0.3, 0.4) is 0 Å². The summed E-state index contributed by atoms with van der Waals surface area (Å²) in [6.07, 6.45) is 11.0. The van der Waals surface area contributed by atoms with Gasteiger partial charge in [-0.05, 0) is 66.7 Å². The average Bonchev–Trinajstić information content (AvgIpc) is 4.14. The van der Waals surface area contributed by atoms with Crippen molar-refractivity contribution in [2.45, 2.75) is 0 Å². The number of hydrogen-bond donors (Lipinski definition) is 0. The maximum atomic E-state index is 12.3. The van der Waals surface area contributed by atoms with E-state index in [1.54, 1.807) is 18.6 Å². The Hall–Kier alpha value is -9.32. The second-order valence-electron chi connectivity index (χ2n) is 16.6. The van der Waals surface area contributed by atoms with Gasteiger partial charge in [0.25, 0.3) is 0 Å². The zero-order valence-corrected chi connectivity index (χ0v) is 35.0. The third-order valence-electron chi connectivity index (χ3n) is 13.2. The molecule has 14 aromatic rings. The van der Waals surface area contributed by atoms with Crippen LogP contribution >= 0.6 is 0 Å². The highest BCUT2D eigenvalue weighted by Crippen LogP contribution is 2.53. The lowest BCUT2D eigenvalue weighted by molar-refractivity contribution is 0.672. The van der Waals surface area contributed by atoms with E-state index in [4.69, 9.17) is 23.8 Å². The van der Waals surface area contributed by atoms with E-state index in [9.17, 15) is 5.26 Å². The number of benzene rings is 7. The van der Waals surface area contributed by atoms with Crippen LogP contribution in [0.25, 0.3) is 132 Å². The molecule has 0 amide bonds. The summed E-state index contributed by atoms with van der Waals surface area (Å²) in [7, 11) is 0. The van der Waals surface area contributed by atoms with E-state index < -0.39 is 0 Å². The average molecular weight is 845 g/mol. The van der Waals surface area contributed by atoms with E-state index >= 15 is 0 Å². The van der Waals surface area contributed by atoms with Gasteiger partial charge in [-0.2, -0.15) is 5.26 Å². The van der Waals surface area contributed by atoms with E-state index in [0.29, 0.717) is 16.9 Å². The summed E-state index contributed by atoms with van der Waals surface area (Å²) < 4.78 is 18.1. The Bertz CT molecular complexity index is 4090. The van der Waals surface area contributed by atoms with Gasteiger partial charge in [0.15, 0.2) is 0 Å². The van der Waals surface area contributed by atoms with Gasteiger partial charge in [-0.3, -0.25) is 15.0 Å². The zero-order valence-electron chi connectivity index (χ0n) is 35.0. The lowest BCUT2D eigenvalue weighted by Crippen LogP contribution is -2.11. The zero-order chi connectivity index (χ0) is 43.5. The number of fused-ring (bicyclic) bond motifs is 14. The lowest BCUT2D eigenvalue weighted by atomic mass is 9.83. The van der Waals surface area contributed by atoms with Crippen LogP contribution in [0.4, 0.5) is 0 Å². The molecular weight excluding hydrogens is 813 g/mol. The number of para-hydroxylation sites is 4. The lowest BCUT2D eigenvalue weighted by Gasteiger charge is -2.27. The number of rotatable bonds is 5. The molecule has 0 radical (unpaired) electrons.